The molecule has 0 bridgehead atoms. The van der Waals surface area contributed by atoms with Crippen LogP contribution in [0.3, 0.4) is 0 Å². The Hall–Kier alpha value is -1.09. The second kappa shape index (κ2) is 5.60. The molecule has 3 heteroatoms. The van der Waals surface area contributed by atoms with Crippen LogP contribution in [0.15, 0.2) is 29.4 Å². The van der Waals surface area contributed by atoms with Crippen molar-refractivity contribution >= 4 is 6.34 Å². The summed E-state index contributed by atoms with van der Waals surface area (Å²) in [6, 6.07) is 0. The Morgan fingerprint density at radius 2 is 1.93 bits per heavy atom. The summed E-state index contributed by atoms with van der Waals surface area (Å²) in [6.07, 6.45) is 5.61. The quantitative estimate of drug-likeness (QED) is 0.383. The number of allylic oxidation sites excluding steroid dienone is 2. The second-order valence-electron chi connectivity index (χ2n) is 3.77. The SMILES string of the molecule is C=C(C)/C=C\N=C\N1CCN(C)CC1. The molecule has 0 aromatic carbocycles. The number of rotatable bonds is 3. The zero-order chi connectivity index (χ0) is 10.4. The first-order valence-corrected chi connectivity index (χ1v) is 4.96. The number of piperazine rings is 1. The molecule has 0 aliphatic carbocycles. The number of nitrogens with zero attached hydrogens (tertiary/aromatic N) is 3. The minimum absolute atomic E-state index is 1.03. The molecule has 0 amide bonds. The monoisotopic (exact) mass is 193 g/mol. The highest BCUT2D eigenvalue weighted by Crippen LogP contribution is 1.96. The minimum atomic E-state index is 1.03. The number of likely N-dealkylation sites (N-methyl/N-ethyl adjacent to an activating group) is 1. The molecule has 78 valence electrons. The van der Waals surface area contributed by atoms with Crippen molar-refractivity contribution in [1.82, 2.24) is 9.80 Å². The van der Waals surface area contributed by atoms with E-state index in [0.29, 0.717) is 0 Å². The first-order chi connectivity index (χ1) is 6.68. The third-order valence-corrected chi connectivity index (χ3v) is 2.21. The second-order valence-corrected chi connectivity index (χ2v) is 3.77. The Labute approximate surface area is 86.4 Å². The Morgan fingerprint density at radius 3 is 2.50 bits per heavy atom. The largest absolute Gasteiger partial charge is 0.360 e. The molecule has 1 aliphatic heterocycles. The number of aliphatic imine (C=N–C) groups is 1. The van der Waals surface area contributed by atoms with E-state index in [-0.39, 0.29) is 0 Å². The molecule has 0 atom stereocenters. The van der Waals surface area contributed by atoms with E-state index < -0.39 is 0 Å². The summed E-state index contributed by atoms with van der Waals surface area (Å²) in [5.74, 6) is 0. The van der Waals surface area contributed by atoms with Gasteiger partial charge in [0, 0.05) is 32.4 Å². The summed E-state index contributed by atoms with van der Waals surface area (Å²) < 4.78 is 0. The van der Waals surface area contributed by atoms with Gasteiger partial charge < -0.3 is 9.80 Å². The van der Waals surface area contributed by atoms with Gasteiger partial charge in [-0.25, -0.2) is 4.99 Å². The summed E-state index contributed by atoms with van der Waals surface area (Å²) in [7, 11) is 2.15. The fraction of sp³-hybridized carbons (Fsp3) is 0.545. The van der Waals surface area contributed by atoms with E-state index in [9.17, 15) is 0 Å². The van der Waals surface area contributed by atoms with E-state index in [2.05, 4.69) is 28.4 Å². The van der Waals surface area contributed by atoms with Crippen molar-refractivity contribution in [3.05, 3.63) is 24.4 Å². The highest BCUT2D eigenvalue weighted by atomic mass is 15.3. The predicted octanol–water partition coefficient (Wildman–Crippen LogP) is 1.35. The molecular formula is C11H19N3. The smallest absolute Gasteiger partial charge is 0.0905 e. The lowest BCUT2D eigenvalue weighted by atomic mass is 10.3. The van der Waals surface area contributed by atoms with E-state index in [1.54, 1.807) is 6.20 Å². The van der Waals surface area contributed by atoms with E-state index in [0.717, 1.165) is 31.8 Å². The standard InChI is InChI=1S/C11H19N3/c1-11(2)4-5-12-10-14-8-6-13(3)7-9-14/h4-5,10H,1,6-9H2,2-3H3/b5-4-,12-10+. The fourth-order valence-corrected chi connectivity index (χ4v) is 1.24. The average molecular weight is 193 g/mol. The summed E-state index contributed by atoms with van der Waals surface area (Å²) in [4.78, 5) is 8.77. The lowest BCUT2D eigenvalue weighted by molar-refractivity contribution is 0.219. The zero-order valence-corrected chi connectivity index (χ0v) is 9.11. The Balaban J connectivity index is 2.27. The van der Waals surface area contributed by atoms with Crippen molar-refractivity contribution < 1.29 is 0 Å². The van der Waals surface area contributed by atoms with E-state index in [1.807, 2.05) is 19.3 Å². The van der Waals surface area contributed by atoms with Gasteiger partial charge in [-0.2, -0.15) is 0 Å². The van der Waals surface area contributed by atoms with Gasteiger partial charge in [0.2, 0.25) is 0 Å². The van der Waals surface area contributed by atoms with Crippen molar-refractivity contribution in [3.8, 4) is 0 Å². The molecule has 1 aliphatic rings. The van der Waals surface area contributed by atoms with Crippen LogP contribution in [0.1, 0.15) is 6.92 Å². The van der Waals surface area contributed by atoms with Crippen LogP contribution in [0, 0.1) is 0 Å². The van der Waals surface area contributed by atoms with Crippen molar-refractivity contribution in [1.29, 1.82) is 0 Å². The van der Waals surface area contributed by atoms with Gasteiger partial charge in [-0.3, -0.25) is 0 Å². The molecule has 1 heterocycles. The molecule has 0 radical (unpaired) electrons. The highest BCUT2D eigenvalue weighted by Gasteiger charge is 2.09. The molecular weight excluding hydrogens is 174 g/mol. The Kier molecular flexibility index (Phi) is 4.40. The van der Waals surface area contributed by atoms with Crippen LogP contribution in [-0.2, 0) is 0 Å². The molecule has 0 spiro atoms. The van der Waals surface area contributed by atoms with Crippen LogP contribution in [0.4, 0.5) is 0 Å². The maximum Gasteiger partial charge on any atom is 0.0905 e. The van der Waals surface area contributed by atoms with Gasteiger partial charge in [0.05, 0.1) is 6.34 Å². The molecule has 1 fully saturated rings. The lowest BCUT2D eigenvalue weighted by Crippen LogP contribution is -2.43. The maximum atomic E-state index is 4.20. The van der Waals surface area contributed by atoms with Gasteiger partial charge in [0.15, 0.2) is 0 Å². The van der Waals surface area contributed by atoms with E-state index in [4.69, 9.17) is 0 Å². The Morgan fingerprint density at radius 1 is 1.29 bits per heavy atom. The summed E-state index contributed by atoms with van der Waals surface area (Å²) >= 11 is 0. The van der Waals surface area contributed by atoms with Crippen LogP contribution in [-0.4, -0.2) is 49.4 Å². The van der Waals surface area contributed by atoms with Crippen LogP contribution in [0.25, 0.3) is 0 Å². The van der Waals surface area contributed by atoms with Gasteiger partial charge in [0.25, 0.3) is 0 Å². The molecule has 0 N–H and O–H groups in total. The fourth-order valence-electron chi connectivity index (χ4n) is 1.24. The maximum absolute atomic E-state index is 4.20. The summed E-state index contributed by atoms with van der Waals surface area (Å²) in [5, 5.41) is 0. The third kappa shape index (κ3) is 4.23. The summed E-state index contributed by atoms with van der Waals surface area (Å²) in [6.45, 7) is 10.1. The normalized spacial score (nSPS) is 19.7. The predicted molar refractivity (Wildman–Crippen MR) is 61.5 cm³/mol. The molecule has 1 saturated heterocycles. The van der Waals surface area contributed by atoms with Gasteiger partial charge in [-0.15, -0.1) is 0 Å². The van der Waals surface area contributed by atoms with Crippen molar-refractivity contribution in [2.45, 2.75) is 6.92 Å². The third-order valence-electron chi connectivity index (χ3n) is 2.21. The molecule has 3 nitrogen and oxygen atoms in total. The highest BCUT2D eigenvalue weighted by molar-refractivity contribution is 5.56. The van der Waals surface area contributed by atoms with Crippen LogP contribution in [0.2, 0.25) is 0 Å². The molecule has 0 unspecified atom stereocenters. The number of hydrogen-bond donors (Lipinski definition) is 0. The molecule has 0 aromatic heterocycles. The van der Waals surface area contributed by atoms with Crippen molar-refractivity contribution in [2.75, 3.05) is 33.2 Å². The Bertz CT molecular complexity index is 235. The van der Waals surface area contributed by atoms with Crippen LogP contribution in [0.5, 0.6) is 0 Å². The number of hydrogen-bond acceptors (Lipinski definition) is 2. The molecule has 1 rings (SSSR count). The molecule has 0 aromatic rings. The van der Waals surface area contributed by atoms with Gasteiger partial charge >= 0.3 is 0 Å². The van der Waals surface area contributed by atoms with Crippen molar-refractivity contribution in [3.63, 3.8) is 0 Å². The topological polar surface area (TPSA) is 18.8 Å². The van der Waals surface area contributed by atoms with E-state index >= 15 is 0 Å². The van der Waals surface area contributed by atoms with Crippen molar-refractivity contribution in [2.24, 2.45) is 4.99 Å². The first kappa shape index (κ1) is 11.0. The molecule has 14 heavy (non-hydrogen) atoms. The van der Waals surface area contributed by atoms with Crippen LogP contribution < -0.4 is 0 Å². The van der Waals surface area contributed by atoms with Gasteiger partial charge in [-0.1, -0.05) is 12.2 Å². The minimum Gasteiger partial charge on any atom is -0.360 e. The first-order valence-electron chi connectivity index (χ1n) is 4.96. The van der Waals surface area contributed by atoms with Gasteiger partial charge in [-0.05, 0) is 20.0 Å². The lowest BCUT2D eigenvalue weighted by Gasteiger charge is -2.30. The molecule has 0 saturated carbocycles. The van der Waals surface area contributed by atoms with E-state index in [1.165, 1.54) is 0 Å². The average Bonchev–Trinajstić information content (AvgIpc) is 2.15. The summed E-state index contributed by atoms with van der Waals surface area (Å²) in [5.41, 5.74) is 1.03. The zero-order valence-electron chi connectivity index (χ0n) is 9.11. The van der Waals surface area contributed by atoms with Crippen LogP contribution >= 0.6 is 0 Å². The van der Waals surface area contributed by atoms with Gasteiger partial charge in [0.1, 0.15) is 0 Å².